The SMILES string of the molecule is CCCCC1Cc2cc(O)ccc2C2CCC3(C)C(O)CCC3C12. The average Bonchev–Trinajstić information content (AvgIpc) is 2.87. The van der Waals surface area contributed by atoms with Crippen molar-refractivity contribution in [3.05, 3.63) is 29.3 Å². The third kappa shape index (κ3) is 2.41. The van der Waals surface area contributed by atoms with Gasteiger partial charge in [-0.15, -0.1) is 0 Å². The van der Waals surface area contributed by atoms with Crippen LogP contribution in [0.25, 0.3) is 0 Å². The Hall–Kier alpha value is -1.02. The maximum Gasteiger partial charge on any atom is 0.115 e. The number of aliphatic hydroxyl groups excluding tert-OH is 1. The number of hydrogen-bond donors (Lipinski definition) is 2. The van der Waals surface area contributed by atoms with E-state index in [4.69, 9.17) is 0 Å². The van der Waals surface area contributed by atoms with Crippen LogP contribution in [0.15, 0.2) is 18.2 Å². The molecule has 0 aliphatic heterocycles. The van der Waals surface area contributed by atoms with E-state index >= 15 is 0 Å². The van der Waals surface area contributed by atoms with Gasteiger partial charge in [0.05, 0.1) is 6.10 Å². The van der Waals surface area contributed by atoms with Crippen LogP contribution in [0.3, 0.4) is 0 Å². The maximum absolute atomic E-state index is 10.6. The molecule has 2 nitrogen and oxygen atoms in total. The first-order chi connectivity index (χ1) is 11.5. The average molecular weight is 328 g/mol. The summed E-state index contributed by atoms with van der Waals surface area (Å²) >= 11 is 0. The number of unbranched alkanes of at least 4 members (excludes halogenated alkanes) is 1. The molecule has 0 aromatic heterocycles. The molecule has 0 saturated heterocycles. The maximum atomic E-state index is 10.6. The second-order valence-electron chi connectivity index (χ2n) is 8.92. The number of phenols is 1. The largest absolute Gasteiger partial charge is 0.508 e. The highest BCUT2D eigenvalue weighted by Gasteiger charge is 2.56. The summed E-state index contributed by atoms with van der Waals surface area (Å²) in [7, 11) is 0. The van der Waals surface area contributed by atoms with Crippen molar-refractivity contribution in [1.29, 1.82) is 0 Å². The van der Waals surface area contributed by atoms with Crippen molar-refractivity contribution >= 4 is 0 Å². The van der Waals surface area contributed by atoms with E-state index in [0.29, 0.717) is 17.6 Å². The van der Waals surface area contributed by atoms with Gasteiger partial charge in [-0.25, -0.2) is 0 Å². The van der Waals surface area contributed by atoms with Crippen LogP contribution in [0.4, 0.5) is 0 Å². The van der Waals surface area contributed by atoms with Crippen LogP contribution in [0, 0.1) is 23.2 Å². The molecule has 2 fully saturated rings. The molecule has 1 aromatic rings. The Bertz CT molecular complexity index is 610. The number of aliphatic hydroxyl groups is 1. The molecule has 2 saturated carbocycles. The zero-order chi connectivity index (χ0) is 16.9. The van der Waals surface area contributed by atoms with E-state index < -0.39 is 0 Å². The van der Waals surface area contributed by atoms with Crippen LogP contribution < -0.4 is 0 Å². The molecule has 2 heteroatoms. The lowest BCUT2D eigenvalue weighted by atomic mass is 9.52. The molecule has 6 atom stereocenters. The summed E-state index contributed by atoms with van der Waals surface area (Å²) in [5.74, 6) is 3.18. The van der Waals surface area contributed by atoms with E-state index in [1.807, 2.05) is 12.1 Å². The fourth-order valence-corrected chi connectivity index (χ4v) is 6.50. The lowest BCUT2D eigenvalue weighted by Gasteiger charge is -2.53. The molecule has 2 N–H and O–H groups in total. The molecular weight excluding hydrogens is 296 g/mol. The van der Waals surface area contributed by atoms with Gasteiger partial charge < -0.3 is 10.2 Å². The van der Waals surface area contributed by atoms with Crippen molar-refractivity contribution in [1.82, 2.24) is 0 Å². The minimum absolute atomic E-state index is 0.100. The Morgan fingerprint density at radius 3 is 2.83 bits per heavy atom. The van der Waals surface area contributed by atoms with Gasteiger partial charge in [0.15, 0.2) is 0 Å². The number of fused-ring (bicyclic) bond motifs is 5. The smallest absolute Gasteiger partial charge is 0.115 e. The molecule has 3 aliphatic rings. The van der Waals surface area contributed by atoms with E-state index in [1.165, 1.54) is 43.2 Å². The van der Waals surface area contributed by atoms with Gasteiger partial charge in [-0.2, -0.15) is 0 Å². The first-order valence-electron chi connectivity index (χ1n) is 10.0. The van der Waals surface area contributed by atoms with Crippen LogP contribution in [0.5, 0.6) is 5.75 Å². The second kappa shape index (κ2) is 6.05. The third-order valence-corrected chi connectivity index (χ3v) is 7.76. The van der Waals surface area contributed by atoms with E-state index in [-0.39, 0.29) is 11.5 Å². The molecule has 0 radical (unpaired) electrons. The van der Waals surface area contributed by atoms with Crippen LogP contribution in [-0.2, 0) is 6.42 Å². The highest BCUT2D eigenvalue weighted by Crippen LogP contribution is 2.62. The second-order valence-corrected chi connectivity index (χ2v) is 8.92. The van der Waals surface area contributed by atoms with Gasteiger partial charge in [0.25, 0.3) is 0 Å². The summed E-state index contributed by atoms with van der Waals surface area (Å²) < 4.78 is 0. The van der Waals surface area contributed by atoms with Crippen LogP contribution in [0.1, 0.15) is 75.8 Å². The van der Waals surface area contributed by atoms with Gasteiger partial charge in [0, 0.05) is 0 Å². The molecule has 0 bridgehead atoms. The Kier molecular flexibility index (Phi) is 4.15. The molecule has 0 heterocycles. The van der Waals surface area contributed by atoms with Crippen LogP contribution in [0.2, 0.25) is 0 Å². The molecular formula is C22H32O2. The molecule has 0 spiro atoms. The van der Waals surface area contributed by atoms with Crippen molar-refractivity contribution in [3.8, 4) is 5.75 Å². The van der Waals surface area contributed by atoms with Gasteiger partial charge in [0.2, 0.25) is 0 Å². The number of aromatic hydroxyl groups is 1. The number of hydrogen-bond acceptors (Lipinski definition) is 2. The number of phenolic OH excluding ortho intramolecular Hbond substituents is 1. The molecule has 3 aliphatic carbocycles. The highest BCUT2D eigenvalue weighted by molar-refractivity contribution is 5.40. The summed E-state index contributed by atoms with van der Waals surface area (Å²) in [6.45, 7) is 4.64. The summed E-state index contributed by atoms with van der Waals surface area (Å²) in [4.78, 5) is 0. The summed E-state index contributed by atoms with van der Waals surface area (Å²) in [5, 5.41) is 20.6. The van der Waals surface area contributed by atoms with Crippen LogP contribution >= 0.6 is 0 Å². The van der Waals surface area contributed by atoms with Crippen molar-refractivity contribution in [2.45, 2.75) is 77.2 Å². The van der Waals surface area contributed by atoms with Crippen LogP contribution in [-0.4, -0.2) is 16.3 Å². The third-order valence-electron chi connectivity index (χ3n) is 7.76. The van der Waals surface area contributed by atoms with Gasteiger partial charge in [-0.3, -0.25) is 0 Å². The number of rotatable bonds is 3. The molecule has 6 unspecified atom stereocenters. The molecule has 24 heavy (non-hydrogen) atoms. The summed E-state index contributed by atoms with van der Waals surface area (Å²) in [6, 6.07) is 6.08. The van der Waals surface area contributed by atoms with Gasteiger partial charge in [-0.1, -0.05) is 32.8 Å². The minimum Gasteiger partial charge on any atom is -0.508 e. The minimum atomic E-state index is -0.100. The zero-order valence-corrected chi connectivity index (χ0v) is 15.2. The monoisotopic (exact) mass is 328 g/mol. The van der Waals surface area contributed by atoms with Crippen molar-refractivity contribution < 1.29 is 10.2 Å². The first-order valence-corrected chi connectivity index (χ1v) is 10.0. The van der Waals surface area contributed by atoms with Gasteiger partial charge in [0.1, 0.15) is 5.75 Å². The van der Waals surface area contributed by atoms with Crippen molar-refractivity contribution in [2.24, 2.45) is 23.2 Å². The standard InChI is InChI=1S/C22H32O2/c1-3-4-5-14-12-15-13-16(23)6-7-17(15)18-10-11-22(2)19(21(14)18)8-9-20(22)24/h6-7,13-14,18-21,23-24H,3-5,8-12H2,1-2H3. The predicted molar refractivity (Wildman–Crippen MR) is 97.1 cm³/mol. The lowest BCUT2D eigenvalue weighted by Crippen LogP contribution is -2.47. The van der Waals surface area contributed by atoms with Gasteiger partial charge >= 0.3 is 0 Å². The number of benzene rings is 1. The summed E-state index contributed by atoms with van der Waals surface area (Å²) in [6.07, 6.45) is 9.43. The fraction of sp³-hybridized carbons (Fsp3) is 0.727. The molecule has 4 rings (SSSR count). The van der Waals surface area contributed by atoms with E-state index in [1.54, 1.807) is 0 Å². The zero-order valence-electron chi connectivity index (χ0n) is 15.2. The Labute approximate surface area is 146 Å². The molecule has 132 valence electrons. The fourth-order valence-electron chi connectivity index (χ4n) is 6.50. The lowest BCUT2D eigenvalue weighted by molar-refractivity contribution is -0.0395. The van der Waals surface area contributed by atoms with E-state index in [0.717, 1.165) is 31.1 Å². The Morgan fingerprint density at radius 2 is 2.04 bits per heavy atom. The van der Waals surface area contributed by atoms with E-state index in [9.17, 15) is 10.2 Å². The van der Waals surface area contributed by atoms with E-state index in [2.05, 4.69) is 19.9 Å². The predicted octanol–water partition coefficient (Wildman–Crippen LogP) is 5.03. The Morgan fingerprint density at radius 1 is 1.21 bits per heavy atom. The normalized spacial score (nSPS) is 40.7. The van der Waals surface area contributed by atoms with Crippen molar-refractivity contribution in [3.63, 3.8) is 0 Å². The van der Waals surface area contributed by atoms with Crippen molar-refractivity contribution in [2.75, 3.05) is 0 Å². The van der Waals surface area contributed by atoms with Gasteiger partial charge in [-0.05, 0) is 90.9 Å². The first kappa shape index (κ1) is 16.4. The topological polar surface area (TPSA) is 40.5 Å². The molecule has 0 amide bonds. The Balaban J connectivity index is 1.73. The molecule has 1 aromatic carbocycles. The highest BCUT2D eigenvalue weighted by atomic mass is 16.3. The summed E-state index contributed by atoms with van der Waals surface area (Å²) in [5.41, 5.74) is 3.02. The quantitative estimate of drug-likeness (QED) is 0.817.